The van der Waals surface area contributed by atoms with Crippen LogP contribution in [0.3, 0.4) is 0 Å². The highest BCUT2D eigenvalue weighted by molar-refractivity contribution is 7.98. The van der Waals surface area contributed by atoms with Crippen LogP contribution in [0.15, 0.2) is 58.9 Å². The second-order valence-electron chi connectivity index (χ2n) is 9.91. The van der Waals surface area contributed by atoms with Crippen LogP contribution in [-0.4, -0.2) is 34.8 Å². The molecule has 5 rings (SSSR count). The molecular weight excluding hydrogens is 460 g/mol. The van der Waals surface area contributed by atoms with Gasteiger partial charge >= 0.3 is 0 Å². The fraction of sp³-hybridized carbons (Fsp3) is 0.370. The predicted octanol–water partition coefficient (Wildman–Crippen LogP) is 5.55. The zero-order chi connectivity index (χ0) is 24.7. The predicted molar refractivity (Wildman–Crippen MR) is 137 cm³/mol. The largest absolute Gasteiger partial charge is 0.497 e. The number of aryl methyl sites for hydroxylation is 1. The quantitative estimate of drug-likeness (QED) is 0.454. The minimum absolute atomic E-state index is 0.123. The molecule has 1 aliphatic heterocycles. The first kappa shape index (κ1) is 23.5. The maximum Gasteiger partial charge on any atom is 0.227 e. The first-order valence-electron chi connectivity index (χ1n) is 11.7. The van der Waals surface area contributed by atoms with Gasteiger partial charge in [-0.2, -0.15) is 4.98 Å². The number of carbonyl (C=O) groups is 1. The Morgan fingerprint density at radius 1 is 1.14 bits per heavy atom. The molecule has 0 radical (unpaired) electrons. The second-order valence-corrected chi connectivity index (χ2v) is 10.9. The van der Waals surface area contributed by atoms with Crippen LogP contribution in [-0.2, 0) is 10.5 Å². The Kier molecular flexibility index (Phi) is 6.09. The number of benzene rings is 2. The van der Waals surface area contributed by atoms with Crippen molar-refractivity contribution >= 4 is 23.5 Å². The minimum Gasteiger partial charge on any atom is -0.497 e. The van der Waals surface area contributed by atoms with E-state index < -0.39 is 6.04 Å². The van der Waals surface area contributed by atoms with Gasteiger partial charge in [-0.3, -0.25) is 4.79 Å². The molecule has 8 heteroatoms. The molecule has 2 aliphatic rings. The van der Waals surface area contributed by atoms with Crippen LogP contribution in [0.2, 0.25) is 0 Å². The molecule has 1 N–H and O–H groups in total. The lowest BCUT2D eigenvalue weighted by Gasteiger charge is -2.38. The molecule has 7 nitrogen and oxygen atoms in total. The number of hydrogen-bond acceptors (Lipinski definition) is 7. The summed E-state index contributed by atoms with van der Waals surface area (Å²) in [7, 11) is 3.26. The topological polar surface area (TPSA) is 78.3 Å². The Morgan fingerprint density at radius 2 is 1.97 bits per heavy atom. The molecule has 0 saturated heterocycles. The average Bonchev–Trinajstić information content (AvgIpc) is 3.23. The summed E-state index contributed by atoms with van der Waals surface area (Å²) in [6, 6.07) is 13.7. The minimum atomic E-state index is -0.425. The number of hydrogen-bond donors (Lipinski definition) is 1. The third-order valence-electron chi connectivity index (χ3n) is 6.50. The number of nitrogens with one attached hydrogen (secondary N) is 1. The summed E-state index contributed by atoms with van der Waals surface area (Å²) in [5.41, 5.74) is 4.84. The number of rotatable bonds is 6. The van der Waals surface area contributed by atoms with E-state index in [0.717, 1.165) is 29.0 Å². The van der Waals surface area contributed by atoms with Gasteiger partial charge in [0.1, 0.15) is 17.5 Å². The first-order chi connectivity index (χ1) is 16.8. The van der Waals surface area contributed by atoms with Crippen LogP contribution in [0.5, 0.6) is 11.5 Å². The van der Waals surface area contributed by atoms with Crippen molar-refractivity contribution in [1.29, 1.82) is 0 Å². The molecule has 3 aromatic rings. The van der Waals surface area contributed by atoms with E-state index in [1.165, 1.54) is 11.1 Å². The van der Waals surface area contributed by atoms with Crippen LogP contribution in [0.4, 0.5) is 5.95 Å². The number of fused-ring (bicyclic) bond motifs is 1. The van der Waals surface area contributed by atoms with Gasteiger partial charge in [0.2, 0.25) is 11.1 Å². The van der Waals surface area contributed by atoms with Crippen molar-refractivity contribution in [3.8, 4) is 11.5 Å². The van der Waals surface area contributed by atoms with Gasteiger partial charge in [0.15, 0.2) is 5.78 Å². The van der Waals surface area contributed by atoms with E-state index in [9.17, 15) is 4.79 Å². The molecule has 1 atom stereocenters. The Labute approximate surface area is 209 Å². The molecule has 182 valence electrons. The highest BCUT2D eigenvalue weighted by Crippen LogP contribution is 2.47. The van der Waals surface area contributed by atoms with E-state index in [-0.39, 0.29) is 11.2 Å². The van der Waals surface area contributed by atoms with Crippen molar-refractivity contribution in [3.05, 3.63) is 70.4 Å². The molecule has 0 bridgehead atoms. The van der Waals surface area contributed by atoms with Crippen molar-refractivity contribution in [3.63, 3.8) is 0 Å². The maximum absolute atomic E-state index is 13.5. The lowest BCUT2D eigenvalue weighted by atomic mass is 9.73. The van der Waals surface area contributed by atoms with E-state index >= 15 is 0 Å². The monoisotopic (exact) mass is 490 g/mol. The van der Waals surface area contributed by atoms with Crippen LogP contribution >= 0.6 is 11.8 Å². The van der Waals surface area contributed by atoms with Gasteiger partial charge in [-0.15, -0.1) is 5.10 Å². The molecule has 35 heavy (non-hydrogen) atoms. The summed E-state index contributed by atoms with van der Waals surface area (Å²) in [5.74, 6) is 2.88. The Balaban J connectivity index is 1.57. The number of thioether (sulfide) groups is 1. The van der Waals surface area contributed by atoms with Gasteiger partial charge in [-0.25, -0.2) is 4.68 Å². The van der Waals surface area contributed by atoms with E-state index in [4.69, 9.17) is 19.6 Å². The fourth-order valence-electron chi connectivity index (χ4n) is 4.93. The van der Waals surface area contributed by atoms with Crippen LogP contribution in [0.1, 0.15) is 49.4 Å². The average molecular weight is 491 g/mol. The number of aromatic nitrogens is 3. The van der Waals surface area contributed by atoms with Gasteiger partial charge in [-0.1, -0.05) is 55.4 Å². The van der Waals surface area contributed by atoms with Gasteiger partial charge in [-0.05, 0) is 36.5 Å². The summed E-state index contributed by atoms with van der Waals surface area (Å²) in [6.07, 6.45) is 1.25. The molecule has 0 saturated carbocycles. The Bertz CT molecular complexity index is 1330. The third kappa shape index (κ3) is 4.55. The zero-order valence-corrected chi connectivity index (χ0v) is 21.5. The maximum atomic E-state index is 13.5. The molecule has 2 heterocycles. The smallest absolute Gasteiger partial charge is 0.227 e. The number of methoxy groups -OCH3 is 2. The third-order valence-corrected chi connectivity index (χ3v) is 7.41. The lowest BCUT2D eigenvalue weighted by molar-refractivity contribution is -0.118. The number of ether oxygens (including phenoxy) is 2. The molecule has 1 aliphatic carbocycles. The molecule has 1 aromatic heterocycles. The number of Topliss-reactive ketones (excluding diaryl/α,β-unsaturated/α-hetero) is 1. The Morgan fingerprint density at radius 3 is 2.71 bits per heavy atom. The normalized spacial score (nSPS) is 18.5. The summed E-state index contributed by atoms with van der Waals surface area (Å²) in [4.78, 5) is 18.3. The zero-order valence-electron chi connectivity index (χ0n) is 20.7. The molecule has 0 spiro atoms. The number of allylic oxidation sites excluding steroid dienone is 2. The Hall–Kier alpha value is -3.26. The first-order valence-corrected chi connectivity index (χ1v) is 12.7. The van der Waals surface area contributed by atoms with Crippen LogP contribution in [0.25, 0.3) is 0 Å². The van der Waals surface area contributed by atoms with Gasteiger partial charge in [0.25, 0.3) is 0 Å². The van der Waals surface area contributed by atoms with Crippen molar-refractivity contribution < 1.29 is 14.3 Å². The summed E-state index contributed by atoms with van der Waals surface area (Å²) in [5, 5.41) is 8.97. The van der Waals surface area contributed by atoms with E-state index in [2.05, 4.69) is 50.4 Å². The molecular formula is C27H30N4O3S. The van der Waals surface area contributed by atoms with E-state index in [0.29, 0.717) is 29.0 Å². The van der Waals surface area contributed by atoms with Gasteiger partial charge < -0.3 is 14.8 Å². The molecule has 2 aromatic carbocycles. The summed E-state index contributed by atoms with van der Waals surface area (Å²) >= 11 is 1.59. The highest BCUT2D eigenvalue weighted by Gasteiger charge is 2.42. The van der Waals surface area contributed by atoms with E-state index in [1.54, 1.807) is 26.0 Å². The van der Waals surface area contributed by atoms with Crippen LogP contribution in [0, 0.1) is 12.3 Å². The number of nitrogens with zero attached hydrogens (tertiary/aromatic N) is 3. The second kappa shape index (κ2) is 9.07. The SMILES string of the molecule is COc1ccc([C@@H]2C3=C(CC(C)(C)CC3=O)Nc3nc(SCc4cccc(C)c4)nn32)c(OC)c1. The molecule has 0 amide bonds. The van der Waals surface area contributed by atoms with Gasteiger partial charge in [0, 0.05) is 35.1 Å². The van der Waals surface area contributed by atoms with Crippen molar-refractivity contribution in [2.24, 2.45) is 5.41 Å². The molecule has 0 fully saturated rings. The van der Waals surface area contributed by atoms with Crippen molar-refractivity contribution in [2.75, 3.05) is 19.5 Å². The standard InChI is InChI=1S/C27H30N4O3S/c1-16-7-6-8-17(11-16)15-35-26-29-25-28-20-13-27(2,3)14-21(32)23(20)24(31(25)30-26)19-10-9-18(33-4)12-22(19)34-5/h6-12,24H,13-15H2,1-5H3,(H,28,29,30)/t24-/m1/s1. The highest BCUT2D eigenvalue weighted by atomic mass is 32.2. The fourth-order valence-corrected chi connectivity index (χ4v) is 5.70. The lowest BCUT2D eigenvalue weighted by Crippen LogP contribution is -2.36. The van der Waals surface area contributed by atoms with Gasteiger partial charge in [0.05, 0.1) is 14.2 Å². The van der Waals surface area contributed by atoms with E-state index in [1.807, 2.05) is 22.9 Å². The number of anilines is 1. The van der Waals surface area contributed by atoms with Crippen molar-refractivity contribution in [1.82, 2.24) is 14.8 Å². The number of ketones is 1. The summed E-state index contributed by atoms with van der Waals surface area (Å²) in [6.45, 7) is 6.34. The number of carbonyl (C=O) groups excluding carboxylic acids is 1. The summed E-state index contributed by atoms with van der Waals surface area (Å²) < 4.78 is 13.0. The van der Waals surface area contributed by atoms with Crippen LogP contribution < -0.4 is 14.8 Å². The molecule has 0 unspecified atom stereocenters. The van der Waals surface area contributed by atoms with Crippen molar-refractivity contribution in [2.45, 2.75) is 50.6 Å².